The number of carbonyl (C=O) groups excluding carboxylic acids is 1. The molecule has 0 bridgehead atoms. The molecule has 1 heterocycles. The molecule has 0 aromatic carbocycles. The lowest BCUT2D eigenvalue weighted by Crippen LogP contribution is -2.33. The van der Waals surface area contributed by atoms with Gasteiger partial charge in [-0.3, -0.25) is 0 Å². The van der Waals surface area contributed by atoms with Crippen LogP contribution in [0.5, 0.6) is 0 Å². The Labute approximate surface area is 100 Å². The summed E-state index contributed by atoms with van der Waals surface area (Å²) in [4.78, 5) is 18.6. The summed E-state index contributed by atoms with van der Waals surface area (Å²) in [7, 11) is 0. The molecule has 1 rings (SSSR count). The van der Waals surface area contributed by atoms with Gasteiger partial charge in [0.15, 0.2) is 0 Å². The van der Waals surface area contributed by atoms with Crippen molar-refractivity contribution in [3.8, 4) is 0 Å². The number of anilines is 2. The molecule has 94 valence electrons. The van der Waals surface area contributed by atoms with Crippen LogP contribution in [0.15, 0.2) is 6.33 Å². The molecule has 7 heteroatoms. The first-order valence-corrected chi connectivity index (χ1v) is 5.51. The van der Waals surface area contributed by atoms with E-state index in [4.69, 9.17) is 11.5 Å². The molecule has 0 aliphatic heterocycles. The van der Waals surface area contributed by atoms with Gasteiger partial charge in [-0.1, -0.05) is 13.3 Å². The van der Waals surface area contributed by atoms with E-state index in [1.54, 1.807) is 0 Å². The van der Waals surface area contributed by atoms with Crippen LogP contribution in [-0.2, 0) is 6.42 Å². The van der Waals surface area contributed by atoms with Crippen LogP contribution >= 0.6 is 0 Å². The number of nitrogens with two attached hydrogens (primary N) is 2. The first-order valence-electron chi connectivity index (χ1n) is 5.51. The maximum absolute atomic E-state index is 10.5. The number of aromatic nitrogens is 2. The molecule has 0 saturated heterocycles. The van der Waals surface area contributed by atoms with E-state index in [9.17, 15) is 4.79 Å². The zero-order valence-corrected chi connectivity index (χ0v) is 9.86. The number of hydrogen-bond donors (Lipinski definition) is 4. The van der Waals surface area contributed by atoms with Crippen LogP contribution < -0.4 is 22.1 Å². The molecule has 0 atom stereocenters. The molecule has 0 unspecified atom stereocenters. The van der Waals surface area contributed by atoms with Crippen LogP contribution in [-0.4, -0.2) is 29.1 Å². The molecule has 7 nitrogen and oxygen atoms in total. The van der Waals surface area contributed by atoms with Gasteiger partial charge in [0.2, 0.25) is 0 Å². The van der Waals surface area contributed by atoms with E-state index in [0.29, 0.717) is 24.7 Å². The monoisotopic (exact) mass is 238 g/mol. The Morgan fingerprint density at radius 1 is 1.41 bits per heavy atom. The highest BCUT2D eigenvalue weighted by atomic mass is 16.2. The van der Waals surface area contributed by atoms with Gasteiger partial charge in [0.1, 0.15) is 18.0 Å². The SMILES string of the molecule is CCCc1c(N)ncnc1NCCNC(N)=O. The number of rotatable bonds is 6. The lowest BCUT2D eigenvalue weighted by Gasteiger charge is -2.11. The van der Waals surface area contributed by atoms with Crippen molar-refractivity contribution in [3.63, 3.8) is 0 Å². The molecule has 0 radical (unpaired) electrons. The van der Waals surface area contributed by atoms with Crippen molar-refractivity contribution in [2.75, 3.05) is 24.1 Å². The molecule has 0 aliphatic rings. The minimum absolute atomic E-state index is 0.435. The number of nitrogens with zero attached hydrogens (tertiary/aromatic N) is 2. The Balaban J connectivity index is 2.57. The second-order valence-corrected chi connectivity index (χ2v) is 3.55. The number of nitrogen functional groups attached to an aromatic ring is 1. The van der Waals surface area contributed by atoms with Crippen LogP contribution in [0.4, 0.5) is 16.4 Å². The largest absolute Gasteiger partial charge is 0.383 e. The van der Waals surface area contributed by atoms with E-state index in [2.05, 4.69) is 27.5 Å². The Hall–Kier alpha value is -2.05. The van der Waals surface area contributed by atoms with Gasteiger partial charge in [-0.15, -0.1) is 0 Å². The zero-order valence-electron chi connectivity index (χ0n) is 9.86. The Bertz CT molecular complexity index is 381. The summed E-state index contributed by atoms with van der Waals surface area (Å²) < 4.78 is 0. The van der Waals surface area contributed by atoms with Crippen LogP contribution in [0, 0.1) is 0 Å². The number of nitrogens with one attached hydrogen (secondary N) is 2. The van der Waals surface area contributed by atoms with Crippen LogP contribution in [0.1, 0.15) is 18.9 Å². The number of carbonyl (C=O) groups is 1. The van der Waals surface area contributed by atoms with Crippen molar-refractivity contribution in [2.45, 2.75) is 19.8 Å². The predicted molar refractivity (Wildman–Crippen MR) is 66.5 cm³/mol. The molecule has 0 fully saturated rings. The van der Waals surface area contributed by atoms with Crippen LogP contribution in [0.2, 0.25) is 0 Å². The fraction of sp³-hybridized carbons (Fsp3) is 0.500. The van der Waals surface area contributed by atoms with Crippen molar-refractivity contribution in [2.24, 2.45) is 5.73 Å². The maximum atomic E-state index is 10.5. The maximum Gasteiger partial charge on any atom is 0.312 e. The third-order valence-corrected chi connectivity index (χ3v) is 2.20. The Morgan fingerprint density at radius 3 is 2.82 bits per heavy atom. The number of urea groups is 1. The quantitative estimate of drug-likeness (QED) is 0.524. The fourth-order valence-electron chi connectivity index (χ4n) is 1.44. The Morgan fingerprint density at radius 2 is 2.18 bits per heavy atom. The molecule has 0 aliphatic carbocycles. The highest BCUT2D eigenvalue weighted by Gasteiger charge is 2.07. The molecule has 0 saturated carbocycles. The van der Waals surface area contributed by atoms with Crippen molar-refractivity contribution < 1.29 is 4.79 Å². The summed E-state index contributed by atoms with van der Waals surface area (Å²) in [6.45, 7) is 3.03. The summed E-state index contributed by atoms with van der Waals surface area (Å²) in [5, 5.41) is 5.58. The fourth-order valence-corrected chi connectivity index (χ4v) is 1.44. The minimum atomic E-state index is -0.539. The molecular weight excluding hydrogens is 220 g/mol. The van der Waals surface area contributed by atoms with Gasteiger partial charge in [-0.05, 0) is 6.42 Å². The van der Waals surface area contributed by atoms with Crippen molar-refractivity contribution in [3.05, 3.63) is 11.9 Å². The molecule has 1 aromatic rings. The standard InChI is InChI=1S/C10H18N6O/c1-2-3-7-8(11)15-6-16-9(7)13-4-5-14-10(12)17/h6H,2-5H2,1H3,(H3,12,14,17)(H3,11,13,15,16). The van der Waals surface area contributed by atoms with E-state index in [1.165, 1.54) is 6.33 Å². The summed E-state index contributed by atoms with van der Waals surface area (Å²) in [6, 6.07) is -0.539. The molecule has 1 aromatic heterocycles. The van der Waals surface area contributed by atoms with Crippen molar-refractivity contribution >= 4 is 17.7 Å². The van der Waals surface area contributed by atoms with E-state index in [1.807, 2.05) is 0 Å². The Kier molecular flexibility index (Phi) is 4.99. The zero-order chi connectivity index (χ0) is 12.7. The van der Waals surface area contributed by atoms with Crippen LogP contribution in [0.3, 0.4) is 0 Å². The molecule has 6 N–H and O–H groups in total. The van der Waals surface area contributed by atoms with Gasteiger partial charge in [-0.2, -0.15) is 0 Å². The van der Waals surface area contributed by atoms with Crippen molar-refractivity contribution in [1.82, 2.24) is 15.3 Å². The molecule has 0 spiro atoms. The summed E-state index contributed by atoms with van der Waals surface area (Å²) in [5.41, 5.74) is 11.6. The third kappa shape index (κ3) is 4.13. The average Bonchev–Trinajstić information content (AvgIpc) is 2.28. The van der Waals surface area contributed by atoms with Crippen molar-refractivity contribution in [1.29, 1.82) is 0 Å². The first-order chi connectivity index (χ1) is 8.15. The molecule has 2 amide bonds. The second kappa shape index (κ2) is 6.51. The summed E-state index contributed by atoms with van der Waals surface area (Å²) >= 11 is 0. The third-order valence-electron chi connectivity index (χ3n) is 2.20. The number of hydrogen-bond acceptors (Lipinski definition) is 5. The average molecular weight is 238 g/mol. The van der Waals surface area contributed by atoms with E-state index in [0.717, 1.165) is 18.4 Å². The van der Waals surface area contributed by atoms with Gasteiger partial charge in [0.05, 0.1) is 0 Å². The van der Waals surface area contributed by atoms with E-state index in [-0.39, 0.29) is 0 Å². The topological polar surface area (TPSA) is 119 Å². The van der Waals surface area contributed by atoms with Crippen LogP contribution in [0.25, 0.3) is 0 Å². The smallest absolute Gasteiger partial charge is 0.312 e. The highest BCUT2D eigenvalue weighted by Crippen LogP contribution is 2.18. The van der Waals surface area contributed by atoms with Gasteiger partial charge in [0, 0.05) is 18.7 Å². The van der Waals surface area contributed by atoms with Gasteiger partial charge >= 0.3 is 6.03 Å². The lowest BCUT2D eigenvalue weighted by molar-refractivity contribution is 0.249. The molecular formula is C10H18N6O. The number of primary amides is 1. The normalized spacial score (nSPS) is 9.94. The van der Waals surface area contributed by atoms with E-state index < -0.39 is 6.03 Å². The lowest BCUT2D eigenvalue weighted by atomic mass is 10.1. The summed E-state index contributed by atoms with van der Waals surface area (Å²) in [5.74, 6) is 1.21. The predicted octanol–water partition coefficient (Wildman–Crippen LogP) is 0.0915. The molecule has 17 heavy (non-hydrogen) atoms. The van der Waals surface area contributed by atoms with Gasteiger partial charge in [-0.25, -0.2) is 14.8 Å². The highest BCUT2D eigenvalue weighted by molar-refractivity contribution is 5.71. The minimum Gasteiger partial charge on any atom is -0.383 e. The summed E-state index contributed by atoms with van der Waals surface area (Å²) in [6.07, 6.45) is 3.20. The van der Waals surface area contributed by atoms with E-state index >= 15 is 0 Å². The van der Waals surface area contributed by atoms with Gasteiger partial charge in [0.25, 0.3) is 0 Å². The number of amides is 2. The second-order valence-electron chi connectivity index (χ2n) is 3.55. The van der Waals surface area contributed by atoms with Gasteiger partial charge < -0.3 is 22.1 Å². The first kappa shape index (κ1) is 13.0.